The van der Waals surface area contributed by atoms with Gasteiger partial charge in [0.05, 0.1) is 12.8 Å². The lowest BCUT2D eigenvalue weighted by atomic mass is 9.88. The molecular formula is C16H29N3O. The number of rotatable bonds is 8. The summed E-state index contributed by atoms with van der Waals surface area (Å²) in [6, 6.07) is 1.92. The highest BCUT2D eigenvalue weighted by Gasteiger charge is 2.32. The van der Waals surface area contributed by atoms with Gasteiger partial charge in [-0.1, -0.05) is 20.8 Å². The van der Waals surface area contributed by atoms with E-state index in [9.17, 15) is 0 Å². The summed E-state index contributed by atoms with van der Waals surface area (Å²) < 4.78 is 5.64. The fraction of sp³-hybridized carbons (Fsp3) is 0.688. The van der Waals surface area contributed by atoms with Crippen LogP contribution in [0.25, 0.3) is 0 Å². The molecule has 1 rings (SSSR count). The highest BCUT2D eigenvalue weighted by Crippen LogP contribution is 2.30. The Morgan fingerprint density at radius 1 is 1.25 bits per heavy atom. The molecule has 1 unspecified atom stereocenters. The molecule has 0 aliphatic carbocycles. The highest BCUT2D eigenvalue weighted by molar-refractivity contribution is 5.28. The summed E-state index contributed by atoms with van der Waals surface area (Å²) in [6.07, 6.45) is 4.58. The summed E-state index contributed by atoms with van der Waals surface area (Å²) >= 11 is 0. The molecule has 0 radical (unpaired) electrons. The summed E-state index contributed by atoms with van der Waals surface area (Å²) in [6.45, 7) is 13.5. The SMILES string of the molecule is CCCOc1cncc(C(N)C(C)(C)N(CC)CC)c1. The van der Waals surface area contributed by atoms with Gasteiger partial charge in [-0.3, -0.25) is 9.88 Å². The van der Waals surface area contributed by atoms with Gasteiger partial charge in [-0.05, 0) is 45.0 Å². The number of nitrogens with two attached hydrogens (primary N) is 1. The van der Waals surface area contributed by atoms with E-state index in [2.05, 4.69) is 44.5 Å². The standard InChI is InChI=1S/C16H29N3O/c1-6-9-20-14-10-13(11-18-12-14)15(17)16(4,5)19(7-2)8-3/h10-12,15H,6-9,17H2,1-5H3. The van der Waals surface area contributed by atoms with E-state index in [1.807, 2.05) is 12.3 Å². The molecule has 1 aromatic rings. The van der Waals surface area contributed by atoms with Crippen molar-refractivity contribution < 1.29 is 4.74 Å². The van der Waals surface area contributed by atoms with E-state index in [0.717, 1.165) is 30.8 Å². The number of pyridine rings is 1. The zero-order valence-electron chi connectivity index (χ0n) is 13.5. The van der Waals surface area contributed by atoms with Gasteiger partial charge in [0.25, 0.3) is 0 Å². The molecule has 0 aliphatic heterocycles. The van der Waals surface area contributed by atoms with Gasteiger partial charge in [0.2, 0.25) is 0 Å². The lowest BCUT2D eigenvalue weighted by molar-refractivity contribution is 0.106. The molecule has 20 heavy (non-hydrogen) atoms. The fourth-order valence-corrected chi connectivity index (χ4v) is 2.55. The first-order valence-corrected chi connectivity index (χ1v) is 7.55. The average Bonchev–Trinajstić information content (AvgIpc) is 2.45. The molecule has 0 saturated carbocycles. The van der Waals surface area contributed by atoms with Crippen LogP contribution in [-0.2, 0) is 0 Å². The van der Waals surface area contributed by atoms with Gasteiger partial charge in [0, 0.05) is 17.8 Å². The van der Waals surface area contributed by atoms with Crippen molar-refractivity contribution in [2.75, 3.05) is 19.7 Å². The van der Waals surface area contributed by atoms with Gasteiger partial charge in [0.1, 0.15) is 5.75 Å². The van der Waals surface area contributed by atoms with Crippen LogP contribution >= 0.6 is 0 Å². The van der Waals surface area contributed by atoms with Crippen molar-refractivity contribution in [2.45, 2.75) is 52.6 Å². The number of likely N-dealkylation sites (N-methyl/N-ethyl adjacent to an activating group) is 1. The van der Waals surface area contributed by atoms with Crippen molar-refractivity contribution in [1.82, 2.24) is 9.88 Å². The number of nitrogens with zero attached hydrogens (tertiary/aromatic N) is 2. The second-order valence-corrected chi connectivity index (χ2v) is 5.61. The molecular weight excluding hydrogens is 250 g/mol. The first-order valence-electron chi connectivity index (χ1n) is 7.55. The molecule has 0 amide bonds. The van der Waals surface area contributed by atoms with Crippen LogP contribution in [0.15, 0.2) is 18.5 Å². The molecule has 0 spiro atoms. The van der Waals surface area contributed by atoms with Crippen LogP contribution in [0.4, 0.5) is 0 Å². The van der Waals surface area contributed by atoms with E-state index in [0.29, 0.717) is 6.61 Å². The second kappa shape index (κ2) is 7.60. The maximum atomic E-state index is 6.49. The molecule has 4 heteroatoms. The lowest BCUT2D eigenvalue weighted by Crippen LogP contribution is -2.51. The Bertz CT molecular complexity index is 402. The molecule has 1 aromatic heterocycles. The quantitative estimate of drug-likeness (QED) is 0.795. The zero-order valence-corrected chi connectivity index (χ0v) is 13.5. The van der Waals surface area contributed by atoms with Crippen LogP contribution in [0.1, 0.15) is 52.6 Å². The van der Waals surface area contributed by atoms with Crippen molar-refractivity contribution >= 4 is 0 Å². The molecule has 1 heterocycles. The number of hydrogen-bond donors (Lipinski definition) is 1. The number of hydrogen-bond acceptors (Lipinski definition) is 4. The van der Waals surface area contributed by atoms with E-state index in [1.165, 1.54) is 0 Å². The Morgan fingerprint density at radius 2 is 1.90 bits per heavy atom. The van der Waals surface area contributed by atoms with Gasteiger partial charge in [-0.25, -0.2) is 0 Å². The average molecular weight is 279 g/mol. The third kappa shape index (κ3) is 3.93. The Balaban J connectivity index is 2.92. The first-order chi connectivity index (χ1) is 9.47. The first kappa shape index (κ1) is 16.9. The van der Waals surface area contributed by atoms with E-state index in [4.69, 9.17) is 10.5 Å². The lowest BCUT2D eigenvalue weighted by Gasteiger charge is -2.41. The van der Waals surface area contributed by atoms with Gasteiger partial charge in [-0.15, -0.1) is 0 Å². The number of aromatic nitrogens is 1. The van der Waals surface area contributed by atoms with Crippen LogP contribution in [0.5, 0.6) is 5.75 Å². The van der Waals surface area contributed by atoms with E-state index >= 15 is 0 Å². The van der Waals surface area contributed by atoms with Crippen molar-refractivity contribution in [3.05, 3.63) is 24.0 Å². The third-order valence-corrected chi connectivity index (χ3v) is 3.91. The van der Waals surface area contributed by atoms with Gasteiger partial charge >= 0.3 is 0 Å². The van der Waals surface area contributed by atoms with Crippen molar-refractivity contribution in [2.24, 2.45) is 5.73 Å². The van der Waals surface area contributed by atoms with Crippen LogP contribution < -0.4 is 10.5 Å². The Labute approximate surface area is 123 Å². The molecule has 4 nitrogen and oxygen atoms in total. The molecule has 0 saturated heterocycles. The van der Waals surface area contributed by atoms with Gasteiger partial charge in [-0.2, -0.15) is 0 Å². The van der Waals surface area contributed by atoms with Crippen LogP contribution in [0.3, 0.4) is 0 Å². The monoisotopic (exact) mass is 279 g/mol. The van der Waals surface area contributed by atoms with E-state index in [-0.39, 0.29) is 11.6 Å². The zero-order chi connectivity index (χ0) is 15.2. The Morgan fingerprint density at radius 3 is 2.45 bits per heavy atom. The smallest absolute Gasteiger partial charge is 0.137 e. The molecule has 1 atom stereocenters. The summed E-state index contributed by atoms with van der Waals surface area (Å²) in [7, 11) is 0. The topological polar surface area (TPSA) is 51.4 Å². The van der Waals surface area contributed by atoms with E-state index in [1.54, 1.807) is 6.20 Å². The largest absolute Gasteiger partial charge is 0.492 e. The second-order valence-electron chi connectivity index (χ2n) is 5.61. The molecule has 0 fully saturated rings. The Kier molecular flexibility index (Phi) is 6.43. The van der Waals surface area contributed by atoms with Gasteiger partial charge < -0.3 is 10.5 Å². The van der Waals surface area contributed by atoms with Crippen LogP contribution in [0.2, 0.25) is 0 Å². The van der Waals surface area contributed by atoms with E-state index < -0.39 is 0 Å². The summed E-state index contributed by atoms with van der Waals surface area (Å²) in [5.74, 6) is 0.801. The molecule has 0 aromatic carbocycles. The summed E-state index contributed by atoms with van der Waals surface area (Å²) in [5.41, 5.74) is 7.39. The van der Waals surface area contributed by atoms with Crippen molar-refractivity contribution in [3.63, 3.8) is 0 Å². The summed E-state index contributed by atoms with van der Waals surface area (Å²) in [4.78, 5) is 6.63. The normalized spacial score (nSPS) is 13.6. The fourth-order valence-electron chi connectivity index (χ4n) is 2.55. The van der Waals surface area contributed by atoms with Crippen molar-refractivity contribution in [3.8, 4) is 5.75 Å². The predicted octanol–water partition coefficient (Wildman–Crippen LogP) is 2.99. The minimum atomic E-state index is -0.117. The molecule has 2 N–H and O–H groups in total. The summed E-state index contributed by atoms with van der Waals surface area (Å²) in [5, 5.41) is 0. The minimum Gasteiger partial charge on any atom is -0.492 e. The molecule has 0 bridgehead atoms. The van der Waals surface area contributed by atoms with Crippen LogP contribution in [0, 0.1) is 0 Å². The van der Waals surface area contributed by atoms with Crippen molar-refractivity contribution in [1.29, 1.82) is 0 Å². The maximum absolute atomic E-state index is 6.49. The Hall–Kier alpha value is -1.13. The van der Waals surface area contributed by atoms with Gasteiger partial charge in [0.15, 0.2) is 0 Å². The van der Waals surface area contributed by atoms with Crippen LogP contribution in [-0.4, -0.2) is 35.1 Å². The third-order valence-electron chi connectivity index (χ3n) is 3.91. The highest BCUT2D eigenvalue weighted by atomic mass is 16.5. The molecule has 0 aliphatic rings. The minimum absolute atomic E-state index is 0.0972. The molecule has 114 valence electrons. The maximum Gasteiger partial charge on any atom is 0.137 e. The number of ether oxygens (including phenoxy) is 1. The predicted molar refractivity (Wildman–Crippen MR) is 84.0 cm³/mol.